The zero-order chi connectivity index (χ0) is 20.4. The van der Waals surface area contributed by atoms with Crippen LogP contribution in [0.1, 0.15) is 16.7 Å². The Hall–Kier alpha value is -2.41. The fraction of sp³-hybridized carbons (Fsp3) is 0.304. The second kappa shape index (κ2) is 10.8. The molecule has 2 aromatic carbocycles. The van der Waals surface area contributed by atoms with Crippen LogP contribution in [-0.2, 0) is 6.54 Å². The smallest absolute Gasteiger partial charge is 0.290 e. The average Bonchev–Trinajstić information content (AvgIpc) is 2.74. The summed E-state index contributed by atoms with van der Waals surface area (Å²) in [7, 11) is 0. The number of halogens is 3. The number of rotatable bonds is 4. The molecule has 0 atom stereocenters. The van der Waals surface area contributed by atoms with E-state index in [9.17, 15) is 9.18 Å². The van der Waals surface area contributed by atoms with Crippen LogP contribution in [0.3, 0.4) is 0 Å². The van der Waals surface area contributed by atoms with Crippen molar-refractivity contribution in [1.29, 1.82) is 0 Å². The largest absolute Gasteiger partial charge is 0.364 e. The molecule has 166 valence electrons. The third-order valence-corrected chi connectivity index (χ3v) is 5.41. The van der Waals surface area contributed by atoms with Crippen LogP contribution in [0.5, 0.6) is 0 Å². The van der Waals surface area contributed by atoms with Gasteiger partial charge in [-0.25, -0.2) is 9.07 Å². The zero-order valence-corrected chi connectivity index (χ0v) is 19.2. The molecule has 1 aliphatic rings. The molecule has 3 aromatic rings. The van der Waals surface area contributed by atoms with Crippen LogP contribution in [0, 0.1) is 19.7 Å². The van der Waals surface area contributed by atoms with Crippen molar-refractivity contribution in [2.45, 2.75) is 20.4 Å². The minimum absolute atomic E-state index is 0. The lowest BCUT2D eigenvalue weighted by Crippen LogP contribution is -2.46. The van der Waals surface area contributed by atoms with Gasteiger partial charge in [0, 0.05) is 37.3 Å². The number of nitrogens with zero attached hydrogens (tertiary/aromatic N) is 3. The highest BCUT2D eigenvalue weighted by Gasteiger charge is 2.22. The van der Waals surface area contributed by atoms with Crippen LogP contribution >= 0.6 is 24.8 Å². The fourth-order valence-electron chi connectivity index (χ4n) is 3.83. The predicted molar refractivity (Wildman–Crippen MR) is 128 cm³/mol. The van der Waals surface area contributed by atoms with Crippen LogP contribution in [0.2, 0.25) is 0 Å². The zero-order valence-electron chi connectivity index (χ0n) is 17.6. The summed E-state index contributed by atoms with van der Waals surface area (Å²) in [5.41, 5.74) is 4.56. The Bertz CT molecular complexity index is 1080. The molecule has 1 fully saturated rings. The lowest BCUT2D eigenvalue weighted by Gasteiger charge is -2.31. The van der Waals surface area contributed by atoms with Gasteiger partial charge in [0.05, 0.1) is 12.2 Å². The van der Waals surface area contributed by atoms with Crippen molar-refractivity contribution in [2.24, 2.45) is 0 Å². The highest BCUT2D eigenvalue weighted by atomic mass is 35.5. The quantitative estimate of drug-likeness (QED) is 0.634. The van der Waals surface area contributed by atoms with E-state index in [1.165, 1.54) is 10.7 Å². The van der Waals surface area contributed by atoms with Gasteiger partial charge in [-0.2, -0.15) is 5.10 Å². The lowest BCUT2D eigenvalue weighted by atomic mass is 10.0. The molecule has 0 unspecified atom stereocenters. The van der Waals surface area contributed by atoms with Gasteiger partial charge in [0.15, 0.2) is 0 Å². The van der Waals surface area contributed by atoms with E-state index in [0.29, 0.717) is 17.8 Å². The summed E-state index contributed by atoms with van der Waals surface area (Å²) in [5, 5.41) is 8.03. The molecule has 5 nitrogen and oxygen atoms in total. The summed E-state index contributed by atoms with van der Waals surface area (Å²) in [6.07, 6.45) is 0. The highest BCUT2D eigenvalue weighted by molar-refractivity contribution is 5.85. The minimum Gasteiger partial charge on any atom is -0.364 e. The van der Waals surface area contributed by atoms with E-state index in [1.54, 1.807) is 19.1 Å². The first-order chi connectivity index (χ1) is 14.0. The Balaban J connectivity index is 0.00000171. The van der Waals surface area contributed by atoms with Gasteiger partial charge in [-0.3, -0.25) is 4.79 Å². The molecule has 8 heteroatoms. The molecule has 0 spiro atoms. The fourth-order valence-corrected chi connectivity index (χ4v) is 3.83. The first-order valence-corrected chi connectivity index (χ1v) is 9.92. The Morgan fingerprint density at radius 3 is 2.35 bits per heavy atom. The van der Waals surface area contributed by atoms with E-state index >= 15 is 0 Å². The van der Waals surface area contributed by atoms with Gasteiger partial charge in [0.1, 0.15) is 11.5 Å². The third-order valence-electron chi connectivity index (χ3n) is 5.41. The number of piperazine rings is 1. The van der Waals surface area contributed by atoms with E-state index in [2.05, 4.69) is 10.2 Å². The maximum atomic E-state index is 13.8. The van der Waals surface area contributed by atoms with Gasteiger partial charge in [-0.05, 0) is 43.2 Å². The van der Waals surface area contributed by atoms with Crippen LogP contribution in [-0.4, -0.2) is 36.0 Å². The van der Waals surface area contributed by atoms with Crippen molar-refractivity contribution in [3.63, 3.8) is 0 Å². The molecule has 1 aliphatic heterocycles. The molecule has 4 rings (SSSR count). The summed E-state index contributed by atoms with van der Waals surface area (Å²) in [6.45, 7) is 7.29. The molecule has 0 saturated carbocycles. The monoisotopic (exact) mass is 464 g/mol. The van der Waals surface area contributed by atoms with Crippen LogP contribution < -0.4 is 15.8 Å². The number of anilines is 1. The van der Waals surface area contributed by atoms with Crippen LogP contribution in [0.15, 0.2) is 53.3 Å². The van der Waals surface area contributed by atoms with Gasteiger partial charge >= 0.3 is 0 Å². The normalized spacial score (nSPS) is 13.3. The van der Waals surface area contributed by atoms with Crippen molar-refractivity contribution in [3.05, 3.63) is 81.4 Å². The highest BCUT2D eigenvalue weighted by Crippen LogP contribution is 2.28. The van der Waals surface area contributed by atoms with Gasteiger partial charge < -0.3 is 10.2 Å². The van der Waals surface area contributed by atoms with Crippen LogP contribution in [0.4, 0.5) is 10.1 Å². The van der Waals surface area contributed by atoms with Gasteiger partial charge in [0.2, 0.25) is 0 Å². The first-order valence-electron chi connectivity index (χ1n) is 9.92. The molecule has 0 bridgehead atoms. The summed E-state index contributed by atoms with van der Waals surface area (Å²) >= 11 is 0. The Labute approximate surface area is 194 Å². The van der Waals surface area contributed by atoms with E-state index in [4.69, 9.17) is 5.10 Å². The Morgan fingerprint density at radius 1 is 1.03 bits per heavy atom. The second-order valence-corrected chi connectivity index (χ2v) is 7.47. The first kappa shape index (κ1) is 24.9. The molecule has 2 heterocycles. The number of hydrogen-bond donors (Lipinski definition) is 1. The molecule has 1 aromatic heterocycles. The number of aryl methyl sites for hydroxylation is 1. The van der Waals surface area contributed by atoms with Crippen molar-refractivity contribution in [3.8, 4) is 11.3 Å². The van der Waals surface area contributed by atoms with Crippen molar-refractivity contribution in [2.75, 3.05) is 31.1 Å². The van der Waals surface area contributed by atoms with Gasteiger partial charge in [-0.15, -0.1) is 24.8 Å². The molecule has 1 N–H and O–H groups in total. The Kier molecular flexibility index (Phi) is 8.62. The molecular formula is C23H27Cl2FN4O. The summed E-state index contributed by atoms with van der Waals surface area (Å²) in [4.78, 5) is 15.5. The molecule has 1 saturated heterocycles. The number of benzene rings is 2. The lowest BCUT2D eigenvalue weighted by molar-refractivity contribution is 0.575. The summed E-state index contributed by atoms with van der Waals surface area (Å²) in [6, 6.07) is 14.8. The van der Waals surface area contributed by atoms with Gasteiger partial charge in [-0.1, -0.05) is 30.3 Å². The van der Waals surface area contributed by atoms with Gasteiger partial charge in [0.25, 0.3) is 5.56 Å². The Morgan fingerprint density at radius 2 is 1.71 bits per heavy atom. The predicted octanol–water partition coefficient (Wildman–Crippen LogP) is 3.97. The third kappa shape index (κ3) is 5.26. The van der Waals surface area contributed by atoms with Crippen molar-refractivity contribution in [1.82, 2.24) is 15.1 Å². The van der Waals surface area contributed by atoms with Crippen molar-refractivity contribution >= 4 is 30.5 Å². The second-order valence-electron chi connectivity index (χ2n) is 7.47. The molecule has 0 amide bonds. The minimum atomic E-state index is -0.244. The van der Waals surface area contributed by atoms with E-state index in [-0.39, 0.29) is 36.2 Å². The summed E-state index contributed by atoms with van der Waals surface area (Å²) < 4.78 is 15.4. The molecular weight excluding hydrogens is 438 g/mol. The van der Waals surface area contributed by atoms with E-state index < -0.39 is 0 Å². The maximum absolute atomic E-state index is 13.8. The number of aromatic nitrogens is 2. The molecule has 0 radical (unpaired) electrons. The standard InChI is InChI=1S/C23H25FN4O.2ClH/c1-16-14-19(8-9-20(16)24)21-17(2)22(27-12-10-25-11-13-27)23(29)28(26-21)15-18-6-4-3-5-7-18;;/h3-9,14,25H,10-13,15H2,1-2H3;2*1H. The average molecular weight is 465 g/mol. The molecule has 0 aliphatic carbocycles. The molecule has 31 heavy (non-hydrogen) atoms. The SMILES string of the molecule is Cc1cc(-c2nn(Cc3ccccc3)c(=O)c(N3CCNCC3)c2C)ccc1F.Cl.Cl. The van der Waals surface area contributed by atoms with Crippen LogP contribution in [0.25, 0.3) is 11.3 Å². The number of hydrogen-bond acceptors (Lipinski definition) is 4. The van der Waals surface area contributed by atoms with E-state index in [0.717, 1.165) is 48.6 Å². The van der Waals surface area contributed by atoms with Crippen molar-refractivity contribution < 1.29 is 4.39 Å². The maximum Gasteiger partial charge on any atom is 0.290 e. The topological polar surface area (TPSA) is 50.2 Å². The number of nitrogens with one attached hydrogen (secondary N) is 1. The van der Waals surface area contributed by atoms with E-state index in [1.807, 2.05) is 37.3 Å². The summed E-state index contributed by atoms with van der Waals surface area (Å²) in [5.74, 6) is -0.244.